The van der Waals surface area contributed by atoms with Crippen LogP contribution in [0.15, 0.2) is 18.2 Å². The van der Waals surface area contributed by atoms with Crippen molar-refractivity contribution in [1.82, 2.24) is 9.97 Å². The minimum atomic E-state index is -1.26. The zero-order valence-corrected chi connectivity index (χ0v) is 7.43. The number of rotatable bonds is 1. The number of ketones is 1. The molecule has 0 fully saturated rings. The monoisotopic (exact) mass is 192 g/mol. The van der Waals surface area contributed by atoms with Gasteiger partial charge < -0.3 is 10.2 Å². The second-order valence-corrected chi connectivity index (χ2v) is 3.07. The van der Waals surface area contributed by atoms with Gasteiger partial charge in [-0.15, -0.1) is 0 Å². The summed E-state index contributed by atoms with van der Waals surface area (Å²) in [5.41, 5.74) is 1.22. The van der Waals surface area contributed by atoms with Crippen LogP contribution in [0.5, 0.6) is 0 Å². The molecule has 1 atom stereocenters. The fraction of sp³-hybridized carbons (Fsp3) is 0.222. The van der Waals surface area contributed by atoms with E-state index < -0.39 is 17.6 Å². The molecule has 0 aromatic carbocycles. The molecule has 1 unspecified atom stereocenters. The Morgan fingerprint density at radius 2 is 2.07 bits per heavy atom. The van der Waals surface area contributed by atoms with E-state index in [0.717, 1.165) is 5.69 Å². The van der Waals surface area contributed by atoms with Gasteiger partial charge in [0, 0.05) is 6.20 Å². The molecule has 5 nitrogen and oxygen atoms in total. The summed E-state index contributed by atoms with van der Waals surface area (Å²) < 4.78 is 0. The standard InChI is InChI=1S/C9H8N2O3/c1-4-2-11-5(3-10-4)6-7(12)9(14)8(6)13/h2-3,7,12-13H,1H3. The third-order valence-electron chi connectivity index (χ3n) is 2.07. The van der Waals surface area contributed by atoms with Gasteiger partial charge in [0.15, 0.2) is 11.9 Å². The smallest absolute Gasteiger partial charge is 0.230 e. The summed E-state index contributed by atoms with van der Waals surface area (Å²) in [5.74, 6) is -1.09. The molecule has 0 spiro atoms. The topological polar surface area (TPSA) is 83.3 Å². The highest BCUT2D eigenvalue weighted by atomic mass is 16.3. The van der Waals surface area contributed by atoms with Crippen molar-refractivity contribution >= 4 is 11.4 Å². The molecule has 0 bridgehead atoms. The summed E-state index contributed by atoms with van der Waals surface area (Å²) >= 11 is 0. The van der Waals surface area contributed by atoms with Gasteiger partial charge >= 0.3 is 0 Å². The number of nitrogens with zero attached hydrogens (tertiary/aromatic N) is 2. The quantitative estimate of drug-likeness (QED) is 0.654. The Bertz CT molecular complexity index is 422. The van der Waals surface area contributed by atoms with Crippen LogP contribution >= 0.6 is 0 Å². The van der Waals surface area contributed by atoms with E-state index in [4.69, 9.17) is 0 Å². The first-order valence-corrected chi connectivity index (χ1v) is 4.05. The molecule has 1 aromatic rings. The normalized spacial score (nSPS) is 21.0. The zero-order chi connectivity index (χ0) is 10.3. The maximum Gasteiger partial charge on any atom is 0.230 e. The molecule has 0 aliphatic heterocycles. The van der Waals surface area contributed by atoms with Gasteiger partial charge in [-0.25, -0.2) is 0 Å². The van der Waals surface area contributed by atoms with Crippen molar-refractivity contribution < 1.29 is 15.0 Å². The molecular weight excluding hydrogens is 184 g/mol. The van der Waals surface area contributed by atoms with Gasteiger partial charge in [0.05, 0.1) is 23.2 Å². The van der Waals surface area contributed by atoms with Crippen LogP contribution in [-0.2, 0) is 4.79 Å². The molecular formula is C9H8N2O3. The van der Waals surface area contributed by atoms with Crippen molar-refractivity contribution in [2.75, 3.05) is 0 Å². The lowest BCUT2D eigenvalue weighted by Crippen LogP contribution is -2.35. The minimum Gasteiger partial charge on any atom is -0.504 e. The van der Waals surface area contributed by atoms with Gasteiger partial charge in [-0.2, -0.15) is 0 Å². The maximum absolute atomic E-state index is 10.8. The van der Waals surface area contributed by atoms with Crippen LogP contribution in [0.4, 0.5) is 0 Å². The predicted molar refractivity (Wildman–Crippen MR) is 47.3 cm³/mol. The highest BCUT2D eigenvalue weighted by Crippen LogP contribution is 2.30. The Balaban J connectivity index is 2.43. The molecule has 0 saturated heterocycles. The van der Waals surface area contributed by atoms with E-state index >= 15 is 0 Å². The summed E-state index contributed by atoms with van der Waals surface area (Å²) in [4.78, 5) is 18.7. The van der Waals surface area contributed by atoms with E-state index in [2.05, 4.69) is 9.97 Å². The lowest BCUT2D eigenvalue weighted by molar-refractivity contribution is -0.125. The van der Waals surface area contributed by atoms with E-state index in [1.54, 1.807) is 6.92 Å². The molecule has 2 rings (SSSR count). The highest BCUT2D eigenvalue weighted by Gasteiger charge is 2.39. The van der Waals surface area contributed by atoms with Crippen molar-refractivity contribution in [2.45, 2.75) is 13.0 Å². The first kappa shape index (κ1) is 8.83. The molecule has 72 valence electrons. The lowest BCUT2D eigenvalue weighted by atomic mass is 9.89. The summed E-state index contributed by atoms with van der Waals surface area (Å²) in [6.07, 6.45) is 1.66. The van der Waals surface area contributed by atoms with Crippen LogP contribution in [0, 0.1) is 6.92 Å². The number of Topliss-reactive ketones (excluding diaryl/α,β-unsaturated/α-hetero) is 1. The molecule has 2 N–H and O–H groups in total. The summed E-state index contributed by atoms with van der Waals surface area (Å²) in [5, 5.41) is 18.4. The molecule has 1 aliphatic rings. The first-order valence-electron chi connectivity index (χ1n) is 4.05. The van der Waals surface area contributed by atoms with Crippen molar-refractivity contribution in [1.29, 1.82) is 0 Å². The fourth-order valence-electron chi connectivity index (χ4n) is 1.24. The number of hydrogen-bond donors (Lipinski definition) is 2. The SMILES string of the molecule is Cc1cnc(C2=C(O)C(=O)C2O)cn1. The van der Waals surface area contributed by atoms with Gasteiger partial charge in [-0.05, 0) is 6.92 Å². The number of carbonyl (C=O) groups is 1. The van der Waals surface area contributed by atoms with Crippen molar-refractivity contribution in [3.8, 4) is 0 Å². The molecule has 14 heavy (non-hydrogen) atoms. The average Bonchev–Trinajstić information content (AvgIpc) is 2.21. The van der Waals surface area contributed by atoms with Gasteiger partial charge in [-0.1, -0.05) is 0 Å². The maximum atomic E-state index is 10.8. The Hall–Kier alpha value is -1.75. The van der Waals surface area contributed by atoms with Crippen LogP contribution in [-0.4, -0.2) is 32.1 Å². The van der Waals surface area contributed by atoms with E-state index in [9.17, 15) is 15.0 Å². The highest BCUT2D eigenvalue weighted by molar-refractivity contribution is 6.18. The van der Waals surface area contributed by atoms with Crippen molar-refractivity contribution in [2.24, 2.45) is 0 Å². The Morgan fingerprint density at radius 3 is 2.57 bits per heavy atom. The summed E-state index contributed by atoms with van der Waals surface area (Å²) in [6, 6.07) is 0. The Kier molecular flexibility index (Phi) is 1.82. The summed E-state index contributed by atoms with van der Waals surface area (Å²) in [7, 11) is 0. The van der Waals surface area contributed by atoms with Crippen LogP contribution in [0.25, 0.3) is 5.57 Å². The van der Waals surface area contributed by atoms with Gasteiger partial charge in [-0.3, -0.25) is 14.8 Å². The molecule has 0 saturated carbocycles. The molecule has 0 amide bonds. The third-order valence-corrected chi connectivity index (χ3v) is 2.07. The number of hydrogen-bond acceptors (Lipinski definition) is 5. The molecule has 1 aliphatic carbocycles. The van der Waals surface area contributed by atoms with Gasteiger partial charge in [0.2, 0.25) is 5.78 Å². The average molecular weight is 192 g/mol. The number of aromatic nitrogens is 2. The number of aliphatic hydroxyl groups excluding tert-OH is 2. The zero-order valence-electron chi connectivity index (χ0n) is 7.43. The number of carbonyl (C=O) groups excluding carboxylic acids is 1. The third kappa shape index (κ3) is 1.10. The molecule has 1 aromatic heterocycles. The van der Waals surface area contributed by atoms with Gasteiger partial charge in [0.1, 0.15) is 0 Å². The lowest BCUT2D eigenvalue weighted by Gasteiger charge is -2.22. The molecule has 1 heterocycles. The van der Waals surface area contributed by atoms with Crippen molar-refractivity contribution in [3.63, 3.8) is 0 Å². The second kappa shape index (κ2) is 2.88. The second-order valence-electron chi connectivity index (χ2n) is 3.07. The number of aryl methyl sites for hydroxylation is 1. The number of aliphatic hydroxyl groups is 2. The Morgan fingerprint density at radius 1 is 1.36 bits per heavy atom. The molecule has 0 radical (unpaired) electrons. The minimum absolute atomic E-state index is 0.155. The largest absolute Gasteiger partial charge is 0.504 e. The van der Waals surface area contributed by atoms with E-state index in [0.29, 0.717) is 5.69 Å². The van der Waals surface area contributed by atoms with Crippen LogP contribution < -0.4 is 0 Å². The van der Waals surface area contributed by atoms with Crippen LogP contribution in [0.1, 0.15) is 11.4 Å². The first-order chi connectivity index (χ1) is 6.61. The Labute approximate surface area is 79.7 Å². The van der Waals surface area contributed by atoms with Gasteiger partial charge in [0.25, 0.3) is 0 Å². The fourth-order valence-corrected chi connectivity index (χ4v) is 1.24. The van der Waals surface area contributed by atoms with Crippen LogP contribution in [0.2, 0.25) is 0 Å². The summed E-state index contributed by atoms with van der Waals surface area (Å²) in [6.45, 7) is 1.77. The van der Waals surface area contributed by atoms with E-state index in [1.165, 1.54) is 12.4 Å². The molecule has 5 heteroatoms. The predicted octanol–water partition coefficient (Wildman–Crippen LogP) is -0.00228. The van der Waals surface area contributed by atoms with E-state index in [-0.39, 0.29) is 5.57 Å². The van der Waals surface area contributed by atoms with E-state index in [1.807, 2.05) is 0 Å². The van der Waals surface area contributed by atoms with Crippen LogP contribution in [0.3, 0.4) is 0 Å². The van der Waals surface area contributed by atoms with Crippen molar-refractivity contribution in [3.05, 3.63) is 29.5 Å².